The number of piperidine rings is 2. The lowest BCUT2D eigenvalue weighted by Crippen LogP contribution is -2.43. The molecule has 0 saturated carbocycles. The summed E-state index contributed by atoms with van der Waals surface area (Å²) in [5.41, 5.74) is 0. The Morgan fingerprint density at radius 1 is 1.00 bits per heavy atom. The summed E-state index contributed by atoms with van der Waals surface area (Å²) >= 11 is 0. The van der Waals surface area contributed by atoms with E-state index in [2.05, 4.69) is 16.7 Å². The third-order valence-electron chi connectivity index (χ3n) is 5.24. The van der Waals surface area contributed by atoms with E-state index in [1.807, 2.05) is 6.07 Å². The van der Waals surface area contributed by atoms with E-state index in [1.54, 1.807) is 6.07 Å². The van der Waals surface area contributed by atoms with E-state index in [0.717, 1.165) is 31.8 Å². The second-order valence-corrected chi connectivity index (χ2v) is 7.14. The maximum absolute atomic E-state index is 13.2. The Bertz CT molecular complexity index is 480. The van der Waals surface area contributed by atoms with E-state index in [4.69, 9.17) is 4.74 Å². The molecular formula is C19H29FN2O. The van der Waals surface area contributed by atoms with Gasteiger partial charge in [-0.2, -0.15) is 0 Å². The molecule has 4 heteroatoms. The number of hydrogen-bond acceptors (Lipinski definition) is 3. The molecule has 128 valence electrons. The Kier molecular flexibility index (Phi) is 5.90. The van der Waals surface area contributed by atoms with Crippen LogP contribution in [0.3, 0.4) is 0 Å². The maximum atomic E-state index is 13.2. The van der Waals surface area contributed by atoms with Gasteiger partial charge in [0.2, 0.25) is 0 Å². The van der Waals surface area contributed by atoms with Gasteiger partial charge in [-0.15, -0.1) is 0 Å². The molecule has 0 aliphatic carbocycles. The summed E-state index contributed by atoms with van der Waals surface area (Å²) < 4.78 is 19.1. The molecule has 0 N–H and O–H groups in total. The fourth-order valence-corrected chi connectivity index (χ4v) is 3.55. The number of ether oxygens (including phenoxy) is 1. The minimum atomic E-state index is -0.226. The SMILES string of the molecule is CC1CCN(CCN2CCC(Oc3cccc(F)c3)CC2)CC1. The van der Waals surface area contributed by atoms with Crippen LogP contribution in [0.15, 0.2) is 24.3 Å². The summed E-state index contributed by atoms with van der Waals surface area (Å²) in [6.45, 7) is 9.43. The molecule has 2 saturated heterocycles. The molecule has 2 aliphatic rings. The first kappa shape index (κ1) is 16.7. The van der Waals surface area contributed by atoms with E-state index < -0.39 is 0 Å². The van der Waals surface area contributed by atoms with Crippen molar-refractivity contribution in [2.45, 2.75) is 38.7 Å². The zero-order valence-electron chi connectivity index (χ0n) is 14.2. The molecule has 0 radical (unpaired) electrons. The summed E-state index contributed by atoms with van der Waals surface area (Å²) in [6, 6.07) is 6.48. The van der Waals surface area contributed by atoms with Gasteiger partial charge in [0.15, 0.2) is 0 Å². The number of hydrogen-bond donors (Lipinski definition) is 0. The van der Waals surface area contributed by atoms with Crippen molar-refractivity contribution in [3.63, 3.8) is 0 Å². The van der Waals surface area contributed by atoms with Gasteiger partial charge in [-0.3, -0.25) is 0 Å². The van der Waals surface area contributed by atoms with E-state index in [1.165, 1.54) is 51.2 Å². The van der Waals surface area contributed by atoms with Crippen LogP contribution in [0.5, 0.6) is 5.75 Å². The third kappa shape index (κ3) is 5.18. The molecule has 3 rings (SSSR count). The summed E-state index contributed by atoms with van der Waals surface area (Å²) in [5.74, 6) is 1.34. The number of nitrogens with zero attached hydrogens (tertiary/aromatic N) is 2. The van der Waals surface area contributed by atoms with Gasteiger partial charge in [-0.1, -0.05) is 13.0 Å². The first-order valence-electron chi connectivity index (χ1n) is 9.06. The molecule has 0 bridgehead atoms. The highest BCUT2D eigenvalue weighted by molar-refractivity contribution is 5.22. The van der Waals surface area contributed by atoms with Crippen LogP contribution in [0.1, 0.15) is 32.6 Å². The Hall–Kier alpha value is -1.13. The molecule has 0 atom stereocenters. The molecule has 3 nitrogen and oxygen atoms in total. The standard InChI is InChI=1S/C19H29FN2O/c1-16-5-9-21(10-6-16)13-14-22-11-7-18(8-12-22)23-19-4-2-3-17(20)15-19/h2-4,15-16,18H,5-14H2,1H3. The van der Waals surface area contributed by atoms with Crippen molar-refractivity contribution in [1.82, 2.24) is 9.80 Å². The Labute approximate surface area is 139 Å². The van der Waals surface area contributed by atoms with Crippen LogP contribution in [-0.4, -0.2) is 55.2 Å². The normalized spacial score (nSPS) is 22.3. The van der Waals surface area contributed by atoms with Crippen LogP contribution in [0, 0.1) is 11.7 Å². The van der Waals surface area contributed by atoms with E-state index >= 15 is 0 Å². The summed E-state index contributed by atoms with van der Waals surface area (Å²) in [5, 5.41) is 0. The molecule has 2 fully saturated rings. The van der Waals surface area contributed by atoms with Crippen molar-refractivity contribution in [3.8, 4) is 5.75 Å². The quantitative estimate of drug-likeness (QED) is 0.827. The average molecular weight is 320 g/mol. The number of likely N-dealkylation sites (tertiary alicyclic amines) is 2. The van der Waals surface area contributed by atoms with Gasteiger partial charge in [0.25, 0.3) is 0 Å². The van der Waals surface area contributed by atoms with Crippen molar-refractivity contribution in [2.75, 3.05) is 39.3 Å². The molecular weight excluding hydrogens is 291 g/mol. The topological polar surface area (TPSA) is 15.7 Å². The van der Waals surface area contributed by atoms with Gasteiger partial charge in [0, 0.05) is 32.2 Å². The Morgan fingerprint density at radius 2 is 1.61 bits per heavy atom. The monoisotopic (exact) mass is 320 g/mol. The highest BCUT2D eigenvalue weighted by Gasteiger charge is 2.22. The van der Waals surface area contributed by atoms with Crippen molar-refractivity contribution in [1.29, 1.82) is 0 Å². The van der Waals surface area contributed by atoms with Gasteiger partial charge in [-0.05, 0) is 56.8 Å². The van der Waals surface area contributed by atoms with Crippen molar-refractivity contribution in [3.05, 3.63) is 30.1 Å². The number of benzene rings is 1. The second-order valence-electron chi connectivity index (χ2n) is 7.14. The van der Waals surface area contributed by atoms with Gasteiger partial charge in [0.05, 0.1) is 0 Å². The number of halogens is 1. The van der Waals surface area contributed by atoms with Gasteiger partial charge in [0.1, 0.15) is 17.7 Å². The Morgan fingerprint density at radius 3 is 2.22 bits per heavy atom. The van der Waals surface area contributed by atoms with Crippen molar-refractivity contribution < 1.29 is 9.13 Å². The van der Waals surface area contributed by atoms with Crippen LogP contribution in [0.25, 0.3) is 0 Å². The molecule has 1 aromatic carbocycles. The van der Waals surface area contributed by atoms with Gasteiger partial charge in [-0.25, -0.2) is 4.39 Å². The third-order valence-corrected chi connectivity index (χ3v) is 5.24. The first-order chi connectivity index (χ1) is 11.2. The summed E-state index contributed by atoms with van der Waals surface area (Å²) in [7, 11) is 0. The lowest BCUT2D eigenvalue weighted by atomic mass is 9.99. The largest absolute Gasteiger partial charge is 0.490 e. The zero-order chi connectivity index (χ0) is 16.1. The van der Waals surface area contributed by atoms with Crippen LogP contribution in [0.2, 0.25) is 0 Å². The zero-order valence-corrected chi connectivity index (χ0v) is 14.2. The average Bonchev–Trinajstić information content (AvgIpc) is 2.56. The fraction of sp³-hybridized carbons (Fsp3) is 0.684. The van der Waals surface area contributed by atoms with Crippen LogP contribution in [-0.2, 0) is 0 Å². The van der Waals surface area contributed by atoms with E-state index in [-0.39, 0.29) is 11.9 Å². The second kappa shape index (κ2) is 8.11. The lowest BCUT2D eigenvalue weighted by molar-refractivity contribution is 0.0880. The first-order valence-corrected chi connectivity index (χ1v) is 9.06. The molecule has 2 heterocycles. The van der Waals surface area contributed by atoms with Crippen molar-refractivity contribution in [2.24, 2.45) is 5.92 Å². The van der Waals surface area contributed by atoms with Crippen molar-refractivity contribution >= 4 is 0 Å². The molecule has 1 aromatic rings. The van der Waals surface area contributed by atoms with E-state index in [0.29, 0.717) is 5.75 Å². The Balaban J connectivity index is 1.35. The smallest absolute Gasteiger partial charge is 0.126 e. The molecule has 0 unspecified atom stereocenters. The van der Waals surface area contributed by atoms with E-state index in [9.17, 15) is 4.39 Å². The van der Waals surface area contributed by atoms with Crippen LogP contribution < -0.4 is 4.74 Å². The lowest BCUT2D eigenvalue weighted by Gasteiger charge is -2.35. The highest BCUT2D eigenvalue weighted by atomic mass is 19.1. The highest BCUT2D eigenvalue weighted by Crippen LogP contribution is 2.20. The fourth-order valence-electron chi connectivity index (χ4n) is 3.55. The predicted octanol–water partition coefficient (Wildman–Crippen LogP) is 3.40. The van der Waals surface area contributed by atoms with Gasteiger partial charge >= 0.3 is 0 Å². The molecule has 0 amide bonds. The number of rotatable bonds is 5. The summed E-state index contributed by atoms with van der Waals surface area (Å²) in [6.07, 6.45) is 5.00. The van der Waals surface area contributed by atoms with Crippen LogP contribution >= 0.6 is 0 Å². The molecule has 23 heavy (non-hydrogen) atoms. The predicted molar refractivity (Wildman–Crippen MR) is 91.3 cm³/mol. The summed E-state index contributed by atoms with van der Waals surface area (Å²) in [4.78, 5) is 5.15. The molecule has 0 spiro atoms. The maximum Gasteiger partial charge on any atom is 0.126 e. The molecule has 0 aromatic heterocycles. The molecule has 2 aliphatic heterocycles. The van der Waals surface area contributed by atoms with Gasteiger partial charge < -0.3 is 14.5 Å². The minimum absolute atomic E-state index is 0.226. The minimum Gasteiger partial charge on any atom is -0.490 e. The van der Waals surface area contributed by atoms with Crippen LogP contribution in [0.4, 0.5) is 4.39 Å².